The van der Waals surface area contributed by atoms with Gasteiger partial charge in [-0.2, -0.15) is 36.9 Å². The molecule has 15 heteroatoms. The standard InChI is InChI=1S/C15H3Cl2F6N7/c16-6-1-5(14(18,19)20)2-7(17)11(6)30-28-10(12(29-30)15(21,22)23)13-26-8(3-24)9(4-25)27-13/h1-2H,(H,26,27). The monoisotopic (exact) mass is 465 g/mol. The van der Waals surface area contributed by atoms with Crippen molar-refractivity contribution in [2.24, 2.45) is 0 Å². The molecule has 1 aromatic carbocycles. The summed E-state index contributed by atoms with van der Waals surface area (Å²) in [4.78, 5) is 6.08. The normalized spacial score (nSPS) is 11.9. The van der Waals surface area contributed by atoms with Gasteiger partial charge in [-0.25, -0.2) is 4.98 Å². The molecule has 0 aliphatic carbocycles. The highest BCUT2D eigenvalue weighted by atomic mass is 35.5. The number of rotatable bonds is 2. The molecule has 0 unspecified atom stereocenters. The molecule has 154 valence electrons. The van der Waals surface area contributed by atoms with Crippen molar-refractivity contribution in [1.29, 1.82) is 10.5 Å². The van der Waals surface area contributed by atoms with Crippen LogP contribution in [0.4, 0.5) is 26.3 Å². The number of hydrogen-bond donors (Lipinski definition) is 1. The third-order valence-electron chi connectivity index (χ3n) is 3.57. The van der Waals surface area contributed by atoms with Crippen LogP contribution in [0.15, 0.2) is 12.1 Å². The van der Waals surface area contributed by atoms with E-state index in [0.717, 1.165) is 0 Å². The summed E-state index contributed by atoms with van der Waals surface area (Å²) in [5.41, 5.74) is -5.20. The minimum absolute atomic E-state index is 0.295. The fourth-order valence-corrected chi connectivity index (χ4v) is 2.96. The number of hydrogen-bond acceptors (Lipinski definition) is 5. The Morgan fingerprint density at radius 3 is 1.97 bits per heavy atom. The molecule has 0 radical (unpaired) electrons. The molecule has 30 heavy (non-hydrogen) atoms. The van der Waals surface area contributed by atoms with E-state index < -0.39 is 62.2 Å². The average Bonchev–Trinajstić information content (AvgIpc) is 3.23. The van der Waals surface area contributed by atoms with Gasteiger partial charge in [0.1, 0.15) is 17.8 Å². The summed E-state index contributed by atoms with van der Waals surface area (Å²) < 4.78 is 79.0. The molecule has 0 spiro atoms. The zero-order chi connectivity index (χ0) is 22.4. The first-order valence-electron chi connectivity index (χ1n) is 7.38. The van der Waals surface area contributed by atoms with Crippen molar-refractivity contribution in [2.45, 2.75) is 12.4 Å². The predicted molar refractivity (Wildman–Crippen MR) is 88.4 cm³/mol. The molecule has 0 atom stereocenters. The maximum atomic E-state index is 13.5. The number of H-pyrrole nitrogens is 1. The summed E-state index contributed by atoms with van der Waals surface area (Å²) in [5, 5.41) is 23.3. The smallest absolute Gasteiger partial charge is 0.327 e. The van der Waals surface area contributed by atoms with Crippen molar-refractivity contribution in [2.75, 3.05) is 0 Å². The number of aromatic nitrogens is 5. The fraction of sp³-hybridized carbons (Fsp3) is 0.133. The lowest BCUT2D eigenvalue weighted by molar-refractivity contribution is -0.141. The molecule has 3 aromatic rings. The van der Waals surface area contributed by atoms with Crippen LogP contribution in [-0.4, -0.2) is 25.0 Å². The second-order valence-corrected chi connectivity index (χ2v) is 6.32. The number of alkyl halides is 6. The molecular formula is C15H3Cl2F6N7. The molecule has 0 saturated heterocycles. The van der Waals surface area contributed by atoms with E-state index in [0.29, 0.717) is 16.9 Å². The number of nitriles is 2. The van der Waals surface area contributed by atoms with Crippen molar-refractivity contribution >= 4 is 23.2 Å². The highest BCUT2D eigenvalue weighted by molar-refractivity contribution is 6.37. The molecule has 1 N–H and O–H groups in total. The number of nitrogens with one attached hydrogen (secondary N) is 1. The largest absolute Gasteiger partial charge is 0.437 e. The average molecular weight is 466 g/mol. The van der Waals surface area contributed by atoms with E-state index in [-0.39, 0.29) is 0 Å². The highest BCUT2D eigenvalue weighted by Crippen LogP contribution is 2.39. The Bertz CT molecular complexity index is 1170. The Morgan fingerprint density at radius 1 is 0.933 bits per heavy atom. The third kappa shape index (κ3) is 3.77. The Balaban J connectivity index is 2.24. The zero-order valence-electron chi connectivity index (χ0n) is 13.9. The van der Waals surface area contributed by atoms with Gasteiger partial charge in [-0.1, -0.05) is 23.2 Å². The van der Waals surface area contributed by atoms with Crippen molar-refractivity contribution in [3.63, 3.8) is 0 Å². The molecule has 2 heterocycles. The fourth-order valence-electron chi connectivity index (χ4n) is 2.32. The van der Waals surface area contributed by atoms with Crippen LogP contribution in [-0.2, 0) is 12.4 Å². The molecule has 0 fully saturated rings. The first-order chi connectivity index (χ1) is 13.9. The Hall–Kier alpha value is -3.29. The van der Waals surface area contributed by atoms with Gasteiger partial charge >= 0.3 is 12.4 Å². The molecule has 7 nitrogen and oxygen atoms in total. The van der Waals surface area contributed by atoms with Crippen molar-refractivity contribution in [1.82, 2.24) is 25.0 Å². The number of imidazole rings is 1. The van der Waals surface area contributed by atoms with Gasteiger partial charge in [0, 0.05) is 0 Å². The maximum absolute atomic E-state index is 13.5. The van der Waals surface area contributed by atoms with Crippen LogP contribution in [0.3, 0.4) is 0 Å². The number of nitrogens with zero attached hydrogens (tertiary/aromatic N) is 6. The summed E-state index contributed by atoms with van der Waals surface area (Å²) in [6.07, 6.45) is -9.88. The maximum Gasteiger partial charge on any atom is 0.437 e. The van der Waals surface area contributed by atoms with Crippen LogP contribution in [0.1, 0.15) is 22.6 Å². The van der Waals surface area contributed by atoms with E-state index in [1.807, 2.05) is 0 Å². The summed E-state index contributed by atoms with van der Waals surface area (Å²) in [5.74, 6) is -0.610. The summed E-state index contributed by atoms with van der Waals surface area (Å²) in [6, 6.07) is 3.97. The van der Waals surface area contributed by atoms with Crippen LogP contribution in [0.25, 0.3) is 17.2 Å². The van der Waals surface area contributed by atoms with E-state index >= 15 is 0 Å². The van der Waals surface area contributed by atoms with Crippen molar-refractivity contribution in [3.05, 3.63) is 44.8 Å². The van der Waals surface area contributed by atoms with E-state index in [9.17, 15) is 26.3 Å². The van der Waals surface area contributed by atoms with Gasteiger partial charge in [0.05, 0.1) is 15.6 Å². The third-order valence-corrected chi connectivity index (χ3v) is 4.15. The number of benzene rings is 1. The molecule has 0 aliphatic rings. The second kappa shape index (κ2) is 7.19. The van der Waals surface area contributed by atoms with Crippen LogP contribution >= 0.6 is 23.2 Å². The minimum Gasteiger partial charge on any atom is -0.327 e. The topological polar surface area (TPSA) is 107 Å². The Kier molecular flexibility index (Phi) is 5.14. The first-order valence-corrected chi connectivity index (χ1v) is 8.14. The summed E-state index contributed by atoms with van der Waals surface area (Å²) in [6.45, 7) is 0. The van der Waals surface area contributed by atoms with Crippen molar-refractivity contribution in [3.8, 4) is 29.3 Å². The molecule has 0 saturated carbocycles. The number of aromatic amines is 1. The lowest BCUT2D eigenvalue weighted by atomic mass is 10.2. The molecule has 0 amide bonds. The Morgan fingerprint density at radius 2 is 1.53 bits per heavy atom. The van der Waals surface area contributed by atoms with Gasteiger partial charge in [-0.15, -0.1) is 15.0 Å². The van der Waals surface area contributed by atoms with Gasteiger partial charge in [-0.3, -0.25) is 0 Å². The minimum atomic E-state index is -5.08. The lowest BCUT2D eigenvalue weighted by Gasteiger charge is -2.11. The van der Waals surface area contributed by atoms with Gasteiger partial charge in [-0.05, 0) is 12.1 Å². The predicted octanol–water partition coefficient (Wildman–Crippen LogP) is 4.75. The van der Waals surface area contributed by atoms with Gasteiger partial charge < -0.3 is 4.98 Å². The van der Waals surface area contributed by atoms with Gasteiger partial charge in [0.15, 0.2) is 28.6 Å². The first kappa shape index (κ1) is 21.4. The van der Waals surface area contributed by atoms with Gasteiger partial charge in [0.2, 0.25) is 0 Å². The van der Waals surface area contributed by atoms with Crippen LogP contribution in [0.5, 0.6) is 0 Å². The summed E-state index contributed by atoms with van der Waals surface area (Å²) in [7, 11) is 0. The highest BCUT2D eigenvalue weighted by Gasteiger charge is 2.41. The van der Waals surface area contributed by atoms with E-state index in [1.165, 1.54) is 6.07 Å². The number of halogens is 8. The quantitative estimate of drug-likeness (QED) is 0.549. The summed E-state index contributed by atoms with van der Waals surface area (Å²) >= 11 is 11.6. The molecule has 3 rings (SSSR count). The van der Waals surface area contributed by atoms with E-state index in [1.54, 1.807) is 6.07 Å². The lowest BCUT2D eigenvalue weighted by Crippen LogP contribution is -2.10. The molecule has 0 bridgehead atoms. The van der Waals surface area contributed by atoms with E-state index in [2.05, 4.69) is 20.2 Å². The van der Waals surface area contributed by atoms with Crippen molar-refractivity contribution < 1.29 is 26.3 Å². The second-order valence-electron chi connectivity index (χ2n) is 5.50. The SMILES string of the molecule is N#Cc1nc(-c2nn(-c3c(Cl)cc(C(F)(F)F)cc3Cl)nc2C(F)(F)F)[nH]c1C#N. The van der Waals surface area contributed by atoms with Crippen LogP contribution in [0.2, 0.25) is 10.0 Å². The molecular weight excluding hydrogens is 463 g/mol. The molecule has 2 aromatic heterocycles. The van der Waals surface area contributed by atoms with E-state index in [4.69, 9.17) is 33.7 Å². The molecule has 0 aliphatic heterocycles. The van der Waals surface area contributed by atoms with Crippen LogP contribution < -0.4 is 0 Å². The zero-order valence-corrected chi connectivity index (χ0v) is 15.4. The van der Waals surface area contributed by atoms with Crippen LogP contribution in [0, 0.1) is 22.7 Å². The van der Waals surface area contributed by atoms with Gasteiger partial charge in [0.25, 0.3) is 0 Å². The Labute approximate surface area is 172 Å².